The largest absolute Gasteiger partial charge is 0.490 e. The standard InChI is InChI=1S/C15H21N3O5.ClH/c1-10-5-6-16-8-12(10)17-15(19)9-23-11-3-4-13(18(20)21)14(7-11)22-2;/h3-4,7,10,12,16H,5-6,8-9H2,1-2H3,(H,17,19);1H. The number of hydrogen-bond acceptors (Lipinski definition) is 6. The quantitative estimate of drug-likeness (QED) is 0.589. The van der Waals surface area contributed by atoms with Gasteiger partial charge in [0.1, 0.15) is 5.75 Å². The third-order valence-corrected chi connectivity index (χ3v) is 3.89. The fourth-order valence-corrected chi connectivity index (χ4v) is 2.48. The maximum atomic E-state index is 12.0. The number of methoxy groups -OCH3 is 1. The first-order chi connectivity index (χ1) is 11.0. The van der Waals surface area contributed by atoms with Crippen molar-refractivity contribution >= 4 is 24.0 Å². The Balaban J connectivity index is 0.00000288. The van der Waals surface area contributed by atoms with Gasteiger partial charge < -0.3 is 20.1 Å². The molecule has 0 radical (unpaired) electrons. The van der Waals surface area contributed by atoms with Gasteiger partial charge in [-0.05, 0) is 24.9 Å². The summed E-state index contributed by atoms with van der Waals surface area (Å²) in [6.45, 7) is 3.67. The van der Waals surface area contributed by atoms with Crippen molar-refractivity contribution in [2.45, 2.75) is 19.4 Å². The van der Waals surface area contributed by atoms with E-state index < -0.39 is 4.92 Å². The number of halogens is 1. The highest BCUT2D eigenvalue weighted by Crippen LogP contribution is 2.30. The highest BCUT2D eigenvalue weighted by Gasteiger charge is 2.22. The van der Waals surface area contributed by atoms with E-state index in [9.17, 15) is 14.9 Å². The number of benzene rings is 1. The predicted molar refractivity (Wildman–Crippen MR) is 91.0 cm³/mol. The summed E-state index contributed by atoms with van der Waals surface area (Å²) in [4.78, 5) is 22.2. The van der Waals surface area contributed by atoms with Gasteiger partial charge in [0.25, 0.3) is 5.91 Å². The van der Waals surface area contributed by atoms with Gasteiger partial charge in [-0.25, -0.2) is 0 Å². The minimum atomic E-state index is -0.535. The molecule has 9 heteroatoms. The third-order valence-electron chi connectivity index (χ3n) is 3.89. The van der Waals surface area contributed by atoms with E-state index >= 15 is 0 Å². The van der Waals surface area contributed by atoms with E-state index in [1.165, 1.54) is 25.3 Å². The van der Waals surface area contributed by atoms with Crippen LogP contribution >= 0.6 is 12.4 Å². The Labute approximate surface area is 146 Å². The molecule has 1 aromatic rings. The van der Waals surface area contributed by atoms with Gasteiger partial charge in [0, 0.05) is 24.7 Å². The average molecular weight is 360 g/mol. The number of nitrogens with one attached hydrogen (secondary N) is 2. The van der Waals surface area contributed by atoms with Gasteiger partial charge in [-0.2, -0.15) is 0 Å². The molecule has 1 fully saturated rings. The Morgan fingerprint density at radius 2 is 2.25 bits per heavy atom. The van der Waals surface area contributed by atoms with E-state index in [4.69, 9.17) is 9.47 Å². The van der Waals surface area contributed by atoms with Crippen molar-refractivity contribution in [1.82, 2.24) is 10.6 Å². The molecule has 24 heavy (non-hydrogen) atoms. The number of carbonyl (C=O) groups is 1. The molecule has 1 saturated heterocycles. The Kier molecular flexibility index (Phi) is 7.73. The molecule has 0 spiro atoms. The summed E-state index contributed by atoms with van der Waals surface area (Å²) in [5.74, 6) is 0.637. The maximum absolute atomic E-state index is 12.0. The number of nitro groups is 1. The molecular formula is C15H22ClN3O5. The Morgan fingerprint density at radius 1 is 1.50 bits per heavy atom. The number of carbonyl (C=O) groups excluding carboxylic acids is 1. The van der Waals surface area contributed by atoms with Crippen LogP contribution in [0.3, 0.4) is 0 Å². The minimum Gasteiger partial charge on any atom is -0.490 e. The fraction of sp³-hybridized carbons (Fsp3) is 0.533. The molecule has 0 bridgehead atoms. The molecule has 1 heterocycles. The molecule has 1 aliphatic heterocycles. The molecule has 1 aromatic carbocycles. The predicted octanol–water partition coefficient (Wildman–Crippen LogP) is 1.52. The summed E-state index contributed by atoms with van der Waals surface area (Å²) in [5.41, 5.74) is -0.147. The number of nitro benzene ring substituents is 1. The number of amides is 1. The van der Waals surface area contributed by atoms with Crippen LogP contribution in [-0.2, 0) is 4.79 Å². The third kappa shape index (κ3) is 5.24. The first-order valence-electron chi connectivity index (χ1n) is 7.46. The van der Waals surface area contributed by atoms with Crippen LogP contribution in [0.15, 0.2) is 18.2 Å². The number of hydrogen-bond donors (Lipinski definition) is 2. The minimum absolute atomic E-state index is 0. The number of piperidine rings is 1. The second kappa shape index (κ2) is 9.29. The molecule has 8 nitrogen and oxygen atoms in total. The van der Waals surface area contributed by atoms with Crippen LogP contribution < -0.4 is 20.1 Å². The molecule has 0 aromatic heterocycles. The van der Waals surface area contributed by atoms with E-state index in [0.717, 1.165) is 19.5 Å². The molecule has 2 rings (SSSR count). The highest BCUT2D eigenvalue weighted by molar-refractivity contribution is 5.85. The normalized spacial score (nSPS) is 19.8. The van der Waals surface area contributed by atoms with E-state index in [1.54, 1.807) is 0 Å². The zero-order valence-electron chi connectivity index (χ0n) is 13.6. The fourth-order valence-electron chi connectivity index (χ4n) is 2.48. The molecule has 2 unspecified atom stereocenters. The lowest BCUT2D eigenvalue weighted by Crippen LogP contribution is -2.51. The highest BCUT2D eigenvalue weighted by atomic mass is 35.5. The van der Waals surface area contributed by atoms with Gasteiger partial charge in [-0.15, -0.1) is 12.4 Å². The van der Waals surface area contributed by atoms with Crippen molar-refractivity contribution in [3.63, 3.8) is 0 Å². The lowest BCUT2D eigenvalue weighted by molar-refractivity contribution is -0.385. The smallest absolute Gasteiger partial charge is 0.311 e. The van der Waals surface area contributed by atoms with Crippen LogP contribution in [0.1, 0.15) is 13.3 Å². The number of ether oxygens (including phenoxy) is 2. The zero-order chi connectivity index (χ0) is 16.8. The van der Waals surface area contributed by atoms with Gasteiger partial charge in [0.05, 0.1) is 12.0 Å². The van der Waals surface area contributed by atoms with Crippen molar-refractivity contribution in [1.29, 1.82) is 0 Å². The van der Waals surface area contributed by atoms with Crippen LogP contribution in [0, 0.1) is 16.0 Å². The van der Waals surface area contributed by atoms with Gasteiger partial charge in [-0.3, -0.25) is 14.9 Å². The number of rotatable bonds is 6. The van der Waals surface area contributed by atoms with E-state index in [2.05, 4.69) is 17.6 Å². The second-order valence-corrected chi connectivity index (χ2v) is 5.52. The molecule has 2 N–H and O–H groups in total. The van der Waals surface area contributed by atoms with Crippen molar-refractivity contribution in [2.75, 3.05) is 26.8 Å². The molecule has 0 aliphatic carbocycles. The molecule has 0 saturated carbocycles. The number of nitrogens with zero attached hydrogens (tertiary/aromatic N) is 1. The van der Waals surface area contributed by atoms with E-state index in [-0.39, 0.29) is 42.4 Å². The lowest BCUT2D eigenvalue weighted by atomic mass is 9.95. The summed E-state index contributed by atoms with van der Waals surface area (Å²) in [7, 11) is 1.34. The first kappa shape index (κ1) is 20.0. The molecule has 134 valence electrons. The Hall–Kier alpha value is -2.06. The van der Waals surface area contributed by atoms with Crippen LogP contribution in [0.5, 0.6) is 11.5 Å². The van der Waals surface area contributed by atoms with Crippen molar-refractivity contribution in [2.24, 2.45) is 5.92 Å². The zero-order valence-corrected chi connectivity index (χ0v) is 14.4. The summed E-state index contributed by atoms with van der Waals surface area (Å²) in [5, 5.41) is 17.0. The average Bonchev–Trinajstić information content (AvgIpc) is 2.54. The van der Waals surface area contributed by atoms with Crippen LogP contribution in [0.25, 0.3) is 0 Å². The first-order valence-corrected chi connectivity index (χ1v) is 7.46. The lowest BCUT2D eigenvalue weighted by Gasteiger charge is -2.30. The molecule has 2 atom stereocenters. The maximum Gasteiger partial charge on any atom is 0.311 e. The van der Waals surface area contributed by atoms with Crippen LogP contribution in [0.4, 0.5) is 5.69 Å². The van der Waals surface area contributed by atoms with Crippen molar-refractivity contribution in [3.8, 4) is 11.5 Å². The molecular weight excluding hydrogens is 338 g/mol. The summed E-state index contributed by atoms with van der Waals surface area (Å²) >= 11 is 0. The van der Waals surface area contributed by atoms with Crippen LogP contribution in [-0.4, -0.2) is 43.7 Å². The van der Waals surface area contributed by atoms with Gasteiger partial charge in [-0.1, -0.05) is 6.92 Å². The van der Waals surface area contributed by atoms with Gasteiger partial charge in [0.2, 0.25) is 5.75 Å². The molecule has 1 amide bonds. The van der Waals surface area contributed by atoms with Gasteiger partial charge in [0.15, 0.2) is 6.61 Å². The summed E-state index contributed by atoms with van der Waals surface area (Å²) < 4.78 is 10.3. The Bertz CT molecular complexity index is 584. The monoisotopic (exact) mass is 359 g/mol. The SMILES string of the molecule is COc1cc(OCC(=O)NC2CNCCC2C)ccc1[N+](=O)[O-].Cl. The molecule has 1 aliphatic rings. The van der Waals surface area contributed by atoms with Crippen LogP contribution in [0.2, 0.25) is 0 Å². The summed E-state index contributed by atoms with van der Waals surface area (Å²) in [6.07, 6.45) is 1.02. The van der Waals surface area contributed by atoms with E-state index in [1.807, 2.05) is 0 Å². The van der Waals surface area contributed by atoms with E-state index in [0.29, 0.717) is 11.7 Å². The van der Waals surface area contributed by atoms with Crippen molar-refractivity contribution < 1.29 is 19.2 Å². The van der Waals surface area contributed by atoms with Gasteiger partial charge >= 0.3 is 5.69 Å². The topological polar surface area (TPSA) is 103 Å². The second-order valence-electron chi connectivity index (χ2n) is 5.52. The van der Waals surface area contributed by atoms with Crippen molar-refractivity contribution in [3.05, 3.63) is 28.3 Å². The Morgan fingerprint density at radius 3 is 2.88 bits per heavy atom. The summed E-state index contributed by atoms with van der Waals surface area (Å²) in [6, 6.07) is 4.22.